The molecule has 4 rings (SSSR count). The highest BCUT2D eigenvalue weighted by Gasteiger charge is 2.14. The van der Waals surface area contributed by atoms with Gasteiger partial charge in [0, 0.05) is 0 Å². The maximum atomic E-state index is 6.05. The fourth-order valence-electron chi connectivity index (χ4n) is 2.65. The molecule has 0 saturated heterocycles. The third-order valence-corrected chi connectivity index (χ3v) is 3.96. The largest absolute Gasteiger partial charge is 0.487 e. The van der Waals surface area contributed by atoms with Crippen LogP contribution in [0.5, 0.6) is 17.2 Å². The van der Waals surface area contributed by atoms with Gasteiger partial charge < -0.3 is 19.9 Å². The van der Waals surface area contributed by atoms with Gasteiger partial charge in [-0.25, -0.2) is 0 Å². The summed E-state index contributed by atoms with van der Waals surface area (Å²) >= 11 is 0. The Morgan fingerprint density at radius 1 is 0.833 bits per heavy atom. The molecular weight excluding hydrogens is 302 g/mol. The van der Waals surface area contributed by atoms with Crippen molar-refractivity contribution < 1.29 is 14.2 Å². The van der Waals surface area contributed by atoms with Gasteiger partial charge in [0.2, 0.25) is 6.79 Å². The van der Waals surface area contributed by atoms with Gasteiger partial charge in [0.15, 0.2) is 11.5 Å². The molecular formula is C20H17NO3. The molecule has 0 saturated carbocycles. The average Bonchev–Trinajstić information content (AvgIpc) is 3.09. The monoisotopic (exact) mass is 319 g/mol. The standard InChI is InChI=1S/C20H17NO3/c21-17-8-6-15(16-7-9-18-20(11-16)24-13-23-18)10-19(17)22-12-14-4-2-1-3-5-14/h1-11H,12-13,21H2. The lowest BCUT2D eigenvalue weighted by atomic mass is 10.0. The molecule has 0 radical (unpaired) electrons. The average molecular weight is 319 g/mol. The van der Waals surface area contributed by atoms with Crippen LogP contribution in [-0.4, -0.2) is 6.79 Å². The summed E-state index contributed by atoms with van der Waals surface area (Å²) in [6.45, 7) is 0.752. The van der Waals surface area contributed by atoms with E-state index < -0.39 is 0 Å². The molecule has 0 atom stereocenters. The molecule has 1 heterocycles. The minimum Gasteiger partial charge on any atom is -0.487 e. The molecule has 24 heavy (non-hydrogen) atoms. The third-order valence-electron chi connectivity index (χ3n) is 3.96. The first-order chi connectivity index (χ1) is 11.8. The number of nitrogen functional groups attached to an aromatic ring is 1. The summed E-state index contributed by atoms with van der Waals surface area (Å²) in [7, 11) is 0. The molecule has 1 aliphatic rings. The molecule has 0 aliphatic carbocycles. The van der Waals surface area contributed by atoms with Gasteiger partial charge in [0.25, 0.3) is 0 Å². The van der Waals surface area contributed by atoms with Crippen LogP contribution in [0.3, 0.4) is 0 Å². The van der Waals surface area contributed by atoms with Gasteiger partial charge in [0.05, 0.1) is 5.69 Å². The maximum absolute atomic E-state index is 6.05. The van der Waals surface area contributed by atoms with E-state index >= 15 is 0 Å². The van der Waals surface area contributed by atoms with Crippen molar-refractivity contribution in [2.75, 3.05) is 12.5 Å². The molecule has 2 N–H and O–H groups in total. The Bertz CT molecular complexity index is 862. The highest BCUT2D eigenvalue weighted by atomic mass is 16.7. The molecule has 0 aromatic heterocycles. The van der Waals surface area contributed by atoms with Gasteiger partial charge in [-0.1, -0.05) is 42.5 Å². The van der Waals surface area contributed by atoms with Crippen LogP contribution < -0.4 is 19.9 Å². The highest BCUT2D eigenvalue weighted by Crippen LogP contribution is 2.37. The van der Waals surface area contributed by atoms with E-state index in [1.165, 1.54) is 0 Å². The fourth-order valence-corrected chi connectivity index (χ4v) is 2.65. The van der Waals surface area contributed by atoms with E-state index in [0.29, 0.717) is 18.0 Å². The quantitative estimate of drug-likeness (QED) is 0.731. The number of benzene rings is 3. The van der Waals surface area contributed by atoms with Crippen molar-refractivity contribution in [2.24, 2.45) is 0 Å². The summed E-state index contributed by atoms with van der Waals surface area (Å²) in [4.78, 5) is 0. The Labute approximate surface area is 140 Å². The first-order valence-electron chi connectivity index (χ1n) is 7.76. The summed E-state index contributed by atoms with van der Waals surface area (Å²) in [6.07, 6.45) is 0. The first-order valence-corrected chi connectivity index (χ1v) is 7.76. The molecule has 120 valence electrons. The zero-order valence-corrected chi connectivity index (χ0v) is 13.1. The van der Waals surface area contributed by atoms with Crippen LogP contribution in [0.15, 0.2) is 66.7 Å². The Balaban J connectivity index is 1.59. The molecule has 0 amide bonds. The van der Waals surface area contributed by atoms with Crippen molar-refractivity contribution in [1.82, 2.24) is 0 Å². The fraction of sp³-hybridized carbons (Fsp3) is 0.100. The third kappa shape index (κ3) is 2.86. The van der Waals surface area contributed by atoms with Crippen LogP contribution >= 0.6 is 0 Å². The second-order valence-electron chi connectivity index (χ2n) is 5.59. The predicted molar refractivity (Wildman–Crippen MR) is 93.2 cm³/mol. The molecule has 1 aliphatic heterocycles. The second-order valence-corrected chi connectivity index (χ2v) is 5.59. The Morgan fingerprint density at radius 3 is 2.46 bits per heavy atom. The lowest BCUT2D eigenvalue weighted by molar-refractivity contribution is 0.174. The molecule has 0 bridgehead atoms. The van der Waals surface area contributed by atoms with Crippen molar-refractivity contribution in [2.45, 2.75) is 6.61 Å². The highest BCUT2D eigenvalue weighted by molar-refractivity contribution is 5.72. The summed E-state index contributed by atoms with van der Waals surface area (Å²) in [5.74, 6) is 2.21. The normalized spacial score (nSPS) is 12.2. The van der Waals surface area contributed by atoms with Crippen LogP contribution in [0, 0.1) is 0 Å². The van der Waals surface area contributed by atoms with Crippen LogP contribution in [-0.2, 0) is 6.61 Å². The van der Waals surface area contributed by atoms with E-state index in [9.17, 15) is 0 Å². The molecule has 0 spiro atoms. The Kier molecular flexibility index (Phi) is 3.71. The van der Waals surface area contributed by atoms with E-state index in [4.69, 9.17) is 19.9 Å². The Hall–Kier alpha value is -3.14. The number of ether oxygens (including phenoxy) is 3. The summed E-state index contributed by atoms with van der Waals surface area (Å²) < 4.78 is 16.7. The van der Waals surface area contributed by atoms with Gasteiger partial charge in [-0.05, 0) is 41.0 Å². The summed E-state index contributed by atoms with van der Waals surface area (Å²) in [6, 6.07) is 21.7. The molecule has 4 heteroatoms. The SMILES string of the molecule is Nc1ccc(-c2ccc3c(c2)OCO3)cc1OCc1ccccc1. The number of hydrogen-bond acceptors (Lipinski definition) is 4. The number of hydrogen-bond donors (Lipinski definition) is 1. The Morgan fingerprint density at radius 2 is 1.58 bits per heavy atom. The molecule has 0 unspecified atom stereocenters. The first kappa shape index (κ1) is 14.5. The molecule has 3 aromatic rings. The number of anilines is 1. The van der Waals surface area contributed by atoms with E-state index in [1.54, 1.807) is 0 Å². The topological polar surface area (TPSA) is 53.7 Å². The van der Waals surface area contributed by atoms with E-state index in [1.807, 2.05) is 66.7 Å². The van der Waals surface area contributed by atoms with Crippen molar-refractivity contribution >= 4 is 5.69 Å². The van der Waals surface area contributed by atoms with Crippen molar-refractivity contribution in [3.8, 4) is 28.4 Å². The van der Waals surface area contributed by atoms with E-state index in [-0.39, 0.29) is 6.79 Å². The van der Waals surface area contributed by atoms with Crippen molar-refractivity contribution in [3.05, 3.63) is 72.3 Å². The van der Waals surface area contributed by atoms with Gasteiger partial charge in [0.1, 0.15) is 12.4 Å². The minimum atomic E-state index is 0.270. The van der Waals surface area contributed by atoms with Gasteiger partial charge >= 0.3 is 0 Å². The maximum Gasteiger partial charge on any atom is 0.231 e. The zero-order valence-electron chi connectivity index (χ0n) is 13.1. The van der Waals surface area contributed by atoms with Gasteiger partial charge in [-0.3, -0.25) is 0 Å². The van der Waals surface area contributed by atoms with Gasteiger partial charge in [-0.15, -0.1) is 0 Å². The zero-order chi connectivity index (χ0) is 16.4. The smallest absolute Gasteiger partial charge is 0.231 e. The van der Waals surface area contributed by atoms with Crippen molar-refractivity contribution in [1.29, 1.82) is 0 Å². The minimum absolute atomic E-state index is 0.270. The number of fused-ring (bicyclic) bond motifs is 1. The van der Waals surface area contributed by atoms with Crippen LogP contribution in [0.2, 0.25) is 0 Å². The van der Waals surface area contributed by atoms with Crippen LogP contribution in [0.4, 0.5) is 5.69 Å². The lowest BCUT2D eigenvalue weighted by Gasteiger charge is -2.11. The predicted octanol–water partition coefficient (Wildman–Crippen LogP) is 4.24. The van der Waals surface area contributed by atoms with Crippen molar-refractivity contribution in [3.63, 3.8) is 0 Å². The van der Waals surface area contributed by atoms with E-state index in [2.05, 4.69) is 0 Å². The summed E-state index contributed by atoms with van der Waals surface area (Å²) in [5, 5.41) is 0. The van der Waals surface area contributed by atoms with Crippen LogP contribution in [0.25, 0.3) is 11.1 Å². The van der Waals surface area contributed by atoms with Gasteiger partial charge in [-0.2, -0.15) is 0 Å². The van der Waals surface area contributed by atoms with Crippen LogP contribution in [0.1, 0.15) is 5.56 Å². The van der Waals surface area contributed by atoms with E-state index in [0.717, 1.165) is 28.2 Å². The molecule has 4 nitrogen and oxygen atoms in total. The molecule has 0 fully saturated rings. The lowest BCUT2D eigenvalue weighted by Crippen LogP contribution is -1.99. The number of nitrogens with two attached hydrogens (primary N) is 1. The second kappa shape index (κ2) is 6.16. The molecule has 3 aromatic carbocycles. The number of rotatable bonds is 4. The summed E-state index contributed by atoms with van der Waals surface area (Å²) in [5.41, 5.74) is 9.83.